The zero-order chi connectivity index (χ0) is 15.2. The molecule has 0 saturated carbocycles. The Morgan fingerprint density at radius 2 is 1.86 bits per heavy atom. The minimum Gasteiger partial charge on any atom is -0.493 e. The summed E-state index contributed by atoms with van der Waals surface area (Å²) in [6, 6.07) is 11.7. The van der Waals surface area contributed by atoms with Gasteiger partial charge in [0.25, 0.3) is 5.69 Å². The van der Waals surface area contributed by atoms with Crippen LogP contribution in [0.2, 0.25) is 5.02 Å². The van der Waals surface area contributed by atoms with Crippen molar-refractivity contribution in [2.45, 2.75) is 12.3 Å². The van der Waals surface area contributed by atoms with Crippen molar-refractivity contribution in [1.29, 1.82) is 0 Å². The SMILES string of the molecule is O=[N+]([O-])c1ccc(CCOc2ccc(Cl)cc2CCl)cc1. The van der Waals surface area contributed by atoms with Gasteiger partial charge < -0.3 is 4.74 Å². The van der Waals surface area contributed by atoms with Crippen LogP contribution in [-0.4, -0.2) is 11.5 Å². The van der Waals surface area contributed by atoms with Crippen LogP contribution in [0.3, 0.4) is 0 Å². The Labute approximate surface area is 132 Å². The van der Waals surface area contributed by atoms with Crippen LogP contribution in [-0.2, 0) is 12.3 Å². The van der Waals surface area contributed by atoms with Crippen LogP contribution in [0, 0.1) is 10.1 Å². The predicted molar refractivity (Wildman–Crippen MR) is 83.3 cm³/mol. The molecule has 0 saturated heterocycles. The van der Waals surface area contributed by atoms with E-state index in [4.69, 9.17) is 27.9 Å². The maximum Gasteiger partial charge on any atom is 0.269 e. The van der Waals surface area contributed by atoms with Gasteiger partial charge in [0, 0.05) is 29.1 Å². The number of hydrogen-bond acceptors (Lipinski definition) is 3. The van der Waals surface area contributed by atoms with E-state index >= 15 is 0 Å². The Morgan fingerprint density at radius 1 is 1.14 bits per heavy atom. The van der Waals surface area contributed by atoms with Gasteiger partial charge in [0.05, 0.1) is 17.4 Å². The molecule has 2 aromatic rings. The van der Waals surface area contributed by atoms with Crippen LogP contribution in [0.25, 0.3) is 0 Å². The van der Waals surface area contributed by atoms with Gasteiger partial charge in [0.2, 0.25) is 0 Å². The molecule has 0 amide bonds. The number of nitrogens with zero attached hydrogens (tertiary/aromatic N) is 1. The average molecular weight is 326 g/mol. The zero-order valence-electron chi connectivity index (χ0n) is 11.1. The lowest BCUT2D eigenvalue weighted by Crippen LogP contribution is -2.03. The van der Waals surface area contributed by atoms with E-state index in [1.165, 1.54) is 12.1 Å². The number of nitro groups is 1. The third kappa shape index (κ3) is 4.34. The number of benzene rings is 2. The highest BCUT2D eigenvalue weighted by atomic mass is 35.5. The maximum atomic E-state index is 10.6. The first-order valence-electron chi connectivity index (χ1n) is 6.30. The highest BCUT2D eigenvalue weighted by molar-refractivity contribution is 6.30. The molecule has 0 spiro atoms. The van der Waals surface area contributed by atoms with Gasteiger partial charge in [0.1, 0.15) is 5.75 Å². The first-order chi connectivity index (χ1) is 10.1. The molecule has 0 radical (unpaired) electrons. The molecule has 0 aliphatic rings. The van der Waals surface area contributed by atoms with E-state index < -0.39 is 4.92 Å². The van der Waals surface area contributed by atoms with Gasteiger partial charge in [-0.05, 0) is 23.8 Å². The fraction of sp³-hybridized carbons (Fsp3) is 0.200. The number of halogens is 2. The number of nitro benzene ring substituents is 1. The molecule has 0 N–H and O–H groups in total. The summed E-state index contributed by atoms with van der Waals surface area (Å²) < 4.78 is 5.69. The Kier molecular flexibility index (Phi) is 5.42. The summed E-state index contributed by atoms with van der Waals surface area (Å²) in [7, 11) is 0. The molecule has 0 fully saturated rings. The molecule has 4 nitrogen and oxygen atoms in total. The lowest BCUT2D eigenvalue weighted by molar-refractivity contribution is -0.384. The van der Waals surface area contributed by atoms with E-state index in [1.54, 1.807) is 30.3 Å². The monoisotopic (exact) mass is 325 g/mol. The van der Waals surface area contributed by atoms with Gasteiger partial charge >= 0.3 is 0 Å². The number of ether oxygens (including phenoxy) is 1. The van der Waals surface area contributed by atoms with Gasteiger partial charge in [-0.25, -0.2) is 0 Å². The summed E-state index contributed by atoms with van der Waals surface area (Å²) in [6.07, 6.45) is 0.655. The summed E-state index contributed by atoms with van der Waals surface area (Å²) in [6.45, 7) is 0.462. The van der Waals surface area contributed by atoms with Crippen LogP contribution in [0.15, 0.2) is 42.5 Å². The molecule has 6 heteroatoms. The second kappa shape index (κ2) is 7.29. The number of hydrogen-bond donors (Lipinski definition) is 0. The maximum absolute atomic E-state index is 10.6. The Hall–Kier alpha value is -1.78. The topological polar surface area (TPSA) is 52.4 Å². The van der Waals surface area contributed by atoms with Crippen LogP contribution in [0.5, 0.6) is 5.75 Å². The molecule has 0 atom stereocenters. The second-order valence-electron chi connectivity index (χ2n) is 4.41. The van der Waals surface area contributed by atoms with Crippen molar-refractivity contribution < 1.29 is 9.66 Å². The average Bonchev–Trinajstić information content (AvgIpc) is 2.49. The minimum atomic E-state index is -0.416. The molecule has 0 unspecified atom stereocenters. The van der Waals surface area contributed by atoms with Gasteiger partial charge in [-0.1, -0.05) is 23.7 Å². The van der Waals surface area contributed by atoms with Crippen molar-refractivity contribution in [3.05, 3.63) is 68.7 Å². The van der Waals surface area contributed by atoms with Crippen LogP contribution < -0.4 is 4.74 Å². The van der Waals surface area contributed by atoms with Gasteiger partial charge in [-0.2, -0.15) is 0 Å². The molecule has 0 aromatic heterocycles. The quantitative estimate of drug-likeness (QED) is 0.442. The molecule has 21 heavy (non-hydrogen) atoms. The second-order valence-corrected chi connectivity index (χ2v) is 5.11. The molecule has 110 valence electrons. The van der Waals surface area contributed by atoms with Crippen LogP contribution in [0.1, 0.15) is 11.1 Å². The smallest absolute Gasteiger partial charge is 0.269 e. The minimum absolute atomic E-state index is 0.0850. The van der Waals surface area contributed by atoms with Crippen molar-refractivity contribution in [1.82, 2.24) is 0 Å². The van der Waals surface area contributed by atoms with Gasteiger partial charge in [-0.15, -0.1) is 11.6 Å². The highest BCUT2D eigenvalue weighted by Crippen LogP contribution is 2.24. The molecule has 2 aromatic carbocycles. The molecule has 0 heterocycles. The summed E-state index contributed by atoms with van der Waals surface area (Å²) in [5.41, 5.74) is 1.90. The first kappa shape index (κ1) is 15.6. The molecule has 0 aliphatic carbocycles. The van der Waals surface area contributed by atoms with E-state index in [0.29, 0.717) is 29.7 Å². The Balaban J connectivity index is 1.93. The van der Waals surface area contributed by atoms with Crippen molar-refractivity contribution in [2.24, 2.45) is 0 Å². The van der Waals surface area contributed by atoms with Crippen molar-refractivity contribution in [3.63, 3.8) is 0 Å². The Bertz CT molecular complexity index is 629. The first-order valence-corrected chi connectivity index (χ1v) is 7.22. The third-order valence-corrected chi connectivity index (χ3v) is 3.48. The normalized spacial score (nSPS) is 10.4. The molecule has 2 rings (SSSR count). The summed E-state index contributed by atoms with van der Waals surface area (Å²) in [4.78, 5) is 10.2. The van der Waals surface area contributed by atoms with E-state index in [0.717, 1.165) is 11.1 Å². The Morgan fingerprint density at radius 3 is 2.48 bits per heavy atom. The zero-order valence-corrected chi connectivity index (χ0v) is 12.6. The highest BCUT2D eigenvalue weighted by Gasteiger charge is 2.06. The lowest BCUT2D eigenvalue weighted by Gasteiger charge is -2.10. The van der Waals surface area contributed by atoms with Crippen molar-refractivity contribution >= 4 is 28.9 Å². The van der Waals surface area contributed by atoms with Gasteiger partial charge in [0.15, 0.2) is 0 Å². The molecular weight excluding hydrogens is 313 g/mol. The number of non-ortho nitro benzene ring substituents is 1. The van der Waals surface area contributed by atoms with E-state index in [-0.39, 0.29) is 5.69 Å². The van der Waals surface area contributed by atoms with Crippen molar-refractivity contribution in [3.8, 4) is 5.75 Å². The van der Waals surface area contributed by atoms with E-state index in [2.05, 4.69) is 0 Å². The van der Waals surface area contributed by atoms with E-state index in [9.17, 15) is 10.1 Å². The van der Waals surface area contributed by atoms with Crippen molar-refractivity contribution in [2.75, 3.05) is 6.61 Å². The fourth-order valence-corrected chi connectivity index (χ4v) is 2.26. The summed E-state index contributed by atoms with van der Waals surface area (Å²) in [5.74, 6) is 1.03. The third-order valence-electron chi connectivity index (χ3n) is 2.96. The van der Waals surface area contributed by atoms with Crippen LogP contribution in [0.4, 0.5) is 5.69 Å². The lowest BCUT2D eigenvalue weighted by atomic mass is 10.1. The van der Waals surface area contributed by atoms with Gasteiger partial charge in [-0.3, -0.25) is 10.1 Å². The molecular formula is C15H13Cl2NO3. The largest absolute Gasteiger partial charge is 0.493 e. The number of rotatable bonds is 6. The van der Waals surface area contributed by atoms with Crippen LogP contribution >= 0.6 is 23.2 Å². The predicted octanol–water partition coefficient (Wildman–Crippen LogP) is 4.61. The molecule has 0 bridgehead atoms. The standard InChI is InChI=1S/C15H13Cl2NO3/c16-10-12-9-13(17)3-6-15(12)21-8-7-11-1-4-14(5-2-11)18(19)20/h1-6,9H,7-8,10H2. The number of alkyl halides is 1. The van der Waals surface area contributed by atoms with E-state index in [1.807, 2.05) is 0 Å². The summed E-state index contributed by atoms with van der Waals surface area (Å²) in [5, 5.41) is 11.2. The summed E-state index contributed by atoms with van der Waals surface area (Å²) >= 11 is 11.7. The molecule has 0 aliphatic heterocycles. The fourth-order valence-electron chi connectivity index (χ4n) is 1.86.